The van der Waals surface area contributed by atoms with E-state index in [1.54, 1.807) is 6.07 Å². The lowest BCUT2D eigenvalue weighted by Gasteiger charge is -2.33. The van der Waals surface area contributed by atoms with Crippen LogP contribution in [0.2, 0.25) is 0 Å². The summed E-state index contributed by atoms with van der Waals surface area (Å²) in [5.41, 5.74) is 0. The molecular formula is C15H23NO6S. The van der Waals surface area contributed by atoms with Crippen molar-refractivity contribution in [1.29, 1.82) is 0 Å². The van der Waals surface area contributed by atoms with Gasteiger partial charge in [0.1, 0.15) is 16.4 Å². The van der Waals surface area contributed by atoms with E-state index in [9.17, 15) is 8.42 Å². The molecule has 0 aromatic heterocycles. The van der Waals surface area contributed by atoms with Crippen LogP contribution in [0.25, 0.3) is 0 Å². The van der Waals surface area contributed by atoms with E-state index in [0.717, 1.165) is 6.42 Å². The van der Waals surface area contributed by atoms with E-state index in [1.165, 1.54) is 26.4 Å². The van der Waals surface area contributed by atoms with Crippen LogP contribution < -0.4 is 14.2 Å². The molecule has 0 unspecified atom stereocenters. The number of methoxy groups -OCH3 is 2. The van der Waals surface area contributed by atoms with Crippen LogP contribution in [-0.2, 0) is 19.5 Å². The summed E-state index contributed by atoms with van der Waals surface area (Å²) >= 11 is 0. The molecule has 0 aliphatic carbocycles. The maximum Gasteiger partial charge on any atom is 0.244 e. The number of ether oxygens (including phenoxy) is 4. The molecule has 1 N–H and O–H groups in total. The van der Waals surface area contributed by atoms with Gasteiger partial charge < -0.3 is 18.9 Å². The predicted octanol–water partition coefficient (Wildman–Crippen LogP) is 1.53. The monoisotopic (exact) mass is 345 g/mol. The van der Waals surface area contributed by atoms with Gasteiger partial charge in [0.05, 0.1) is 27.4 Å². The van der Waals surface area contributed by atoms with Crippen LogP contribution in [0.15, 0.2) is 23.1 Å². The molecule has 130 valence electrons. The molecule has 0 radical (unpaired) electrons. The zero-order valence-corrected chi connectivity index (χ0v) is 14.4. The van der Waals surface area contributed by atoms with Crippen molar-refractivity contribution in [3.63, 3.8) is 0 Å². The van der Waals surface area contributed by atoms with E-state index in [1.807, 2.05) is 6.92 Å². The Morgan fingerprint density at radius 1 is 1.22 bits per heavy atom. The van der Waals surface area contributed by atoms with Crippen LogP contribution in [0.5, 0.6) is 11.5 Å². The van der Waals surface area contributed by atoms with Gasteiger partial charge >= 0.3 is 0 Å². The minimum absolute atomic E-state index is 0.0661. The Balaban J connectivity index is 2.04. The Hall–Kier alpha value is -1.35. The number of nitrogens with one attached hydrogen (secondary N) is 1. The molecule has 23 heavy (non-hydrogen) atoms. The lowest BCUT2D eigenvalue weighted by Crippen LogP contribution is -2.40. The van der Waals surface area contributed by atoms with E-state index in [2.05, 4.69) is 4.72 Å². The largest absolute Gasteiger partial charge is 0.497 e. The van der Waals surface area contributed by atoms with Crippen LogP contribution in [0.1, 0.15) is 19.8 Å². The van der Waals surface area contributed by atoms with Crippen molar-refractivity contribution in [3.8, 4) is 11.5 Å². The highest BCUT2D eigenvalue weighted by Gasteiger charge is 2.29. The highest BCUT2D eigenvalue weighted by molar-refractivity contribution is 7.89. The van der Waals surface area contributed by atoms with Crippen molar-refractivity contribution >= 4 is 10.0 Å². The molecule has 0 bridgehead atoms. The van der Waals surface area contributed by atoms with Gasteiger partial charge in [0.15, 0.2) is 5.79 Å². The molecule has 0 spiro atoms. The fraction of sp³-hybridized carbons (Fsp3) is 0.600. The van der Waals surface area contributed by atoms with E-state index in [0.29, 0.717) is 25.4 Å². The lowest BCUT2D eigenvalue weighted by molar-refractivity contribution is -0.257. The zero-order chi connectivity index (χ0) is 16.9. The SMILES string of the molecule is COc1ccc(S(=O)(=O)NCCC2(C)OCCCO2)c(OC)c1. The summed E-state index contributed by atoms with van der Waals surface area (Å²) in [4.78, 5) is 0.0661. The topological polar surface area (TPSA) is 83.1 Å². The van der Waals surface area contributed by atoms with E-state index in [4.69, 9.17) is 18.9 Å². The number of rotatable bonds is 7. The first-order valence-corrected chi connectivity index (χ1v) is 8.88. The molecule has 2 rings (SSSR count). The quantitative estimate of drug-likeness (QED) is 0.807. The van der Waals surface area contributed by atoms with Gasteiger partial charge in [-0.1, -0.05) is 0 Å². The molecule has 1 heterocycles. The van der Waals surface area contributed by atoms with E-state index in [-0.39, 0.29) is 17.2 Å². The summed E-state index contributed by atoms with van der Waals surface area (Å²) in [6, 6.07) is 4.56. The number of hydrogen-bond donors (Lipinski definition) is 1. The molecule has 1 aromatic carbocycles. The van der Waals surface area contributed by atoms with Crippen LogP contribution >= 0.6 is 0 Å². The van der Waals surface area contributed by atoms with Gasteiger partial charge in [0.2, 0.25) is 10.0 Å². The Morgan fingerprint density at radius 3 is 2.52 bits per heavy atom. The smallest absolute Gasteiger partial charge is 0.244 e. The van der Waals surface area contributed by atoms with Crippen molar-refractivity contribution < 1.29 is 27.4 Å². The molecule has 7 nitrogen and oxygen atoms in total. The molecule has 1 aromatic rings. The van der Waals surface area contributed by atoms with Gasteiger partial charge in [-0.3, -0.25) is 0 Å². The standard InChI is InChI=1S/C15H23NO6S/c1-15(21-9-4-10-22-15)7-8-16-23(17,18)14-6-5-12(19-2)11-13(14)20-3/h5-6,11,16H,4,7-10H2,1-3H3. The molecule has 1 fully saturated rings. The highest BCUT2D eigenvalue weighted by Crippen LogP contribution is 2.28. The Morgan fingerprint density at radius 2 is 1.91 bits per heavy atom. The third kappa shape index (κ3) is 4.57. The second-order valence-electron chi connectivity index (χ2n) is 5.35. The normalized spacial score (nSPS) is 17.7. The predicted molar refractivity (Wildman–Crippen MR) is 84.3 cm³/mol. The maximum atomic E-state index is 12.4. The van der Waals surface area contributed by atoms with Crippen molar-refractivity contribution in [2.24, 2.45) is 0 Å². The van der Waals surface area contributed by atoms with Crippen LogP contribution in [0, 0.1) is 0 Å². The third-order valence-corrected chi connectivity index (χ3v) is 5.14. The first-order chi connectivity index (χ1) is 10.9. The van der Waals surface area contributed by atoms with Gasteiger partial charge in [0, 0.05) is 19.0 Å². The Kier molecular flexibility index (Phi) is 5.85. The van der Waals surface area contributed by atoms with Gasteiger partial charge in [-0.25, -0.2) is 13.1 Å². The zero-order valence-electron chi connectivity index (χ0n) is 13.6. The molecule has 8 heteroatoms. The minimum Gasteiger partial charge on any atom is -0.497 e. The van der Waals surface area contributed by atoms with Gasteiger partial charge in [0.25, 0.3) is 0 Å². The summed E-state index contributed by atoms with van der Waals surface area (Å²) < 4.78 is 48.8. The molecule has 0 amide bonds. The molecule has 0 atom stereocenters. The van der Waals surface area contributed by atoms with Crippen molar-refractivity contribution in [2.75, 3.05) is 34.0 Å². The fourth-order valence-electron chi connectivity index (χ4n) is 2.31. The number of benzene rings is 1. The van der Waals surface area contributed by atoms with Crippen molar-refractivity contribution in [3.05, 3.63) is 18.2 Å². The third-order valence-electron chi connectivity index (χ3n) is 3.63. The summed E-state index contributed by atoms with van der Waals surface area (Å²) in [5, 5.41) is 0. The van der Waals surface area contributed by atoms with Crippen molar-refractivity contribution in [1.82, 2.24) is 4.72 Å². The maximum absolute atomic E-state index is 12.4. The molecule has 1 saturated heterocycles. The minimum atomic E-state index is -3.70. The number of hydrogen-bond acceptors (Lipinski definition) is 6. The highest BCUT2D eigenvalue weighted by atomic mass is 32.2. The van der Waals surface area contributed by atoms with Crippen LogP contribution in [0.3, 0.4) is 0 Å². The van der Waals surface area contributed by atoms with Crippen LogP contribution in [0.4, 0.5) is 0 Å². The summed E-state index contributed by atoms with van der Waals surface area (Å²) in [6.45, 7) is 3.26. The average Bonchev–Trinajstić information content (AvgIpc) is 2.54. The number of sulfonamides is 1. The van der Waals surface area contributed by atoms with Gasteiger partial charge in [-0.2, -0.15) is 0 Å². The summed E-state index contributed by atoms with van der Waals surface area (Å²) in [5.74, 6) is 0.00986. The molecular weight excluding hydrogens is 322 g/mol. The van der Waals surface area contributed by atoms with Gasteiger partial charge in [-0.05, 0) is 25.5 Å². The molecule has 0 saturated carbocycles. The fourth-order valence-corrected chi connectivity index (χ4v) is 3.49. The Bertz CT molecular complexity index is 625. The van der Waals surface area contributed by atoms with Crippen LogP contribution in [-0.4, -0.2) is 48.2 Å². The summed E-state index contributed by atoms with van der Waals surface area (Å²) in [6.07, 6.45) is 1.27. The second-order valence-corrected chi connectivity index (χ2v) is 7.08. The van der Waals surface area contributed by atoms with E-state index >= 15 is 0 Å². The second kappa shape index (κ2) is 7.48. The molecule has 1 aliphatic heterocycles. The Labute approximate surface area is 136 Å². The molecule has 1 aliphatic rings. The first kappa shape index (κ1) is 18.0. The summed E-state index contributed by atoms with van der Waals surface area (Å²) in [7, 11) is -0.776. The average molecular weight is 345 g/mol. The van der Waals surface area contributed by atoms with E-state index < -0.39 is 15.8 Å². The van der Waals surface area contributed by atoms with Crippen molar-refractivity contribution in [2.45, 2.75) is 30.4 Å². The lowest BCUT2D eigenvalue weighted by atomic mass is 10.2. The first-order valence-electron chi connectivity index (χ1n) is 7.40. The van der Waals surface area contributed by atoms with Gasteiger partial charge in [-0.15, -0.1) is 0 Å².